The highest BCUT2D eigenvalue weighted by Crippen LogP contribution is 2.30. The number of anilines is 2. The molecule has 0 atom stereocenters. The predicted molar refractivity (Wildman–Crippen MR) is 138 cm³/mol. The topological polar surface area (TPSA) is 75.9 Å². The third-order valence-corrected chi connectivity index (χ3v) is 7.45. The van der Waals surface area contributed by atoms with Crippen molar-refractivity contribution in [2.75, 3.05) is 23.3 Å². The summed E-state index contributed by atoms with van der Waals surface area (Å²) in [6.07, 6.45) is 3.91. The molecular weight excluding hydrogens is 464 g/mol. The maximum atomic E-state index is 12.3. The number of thiazole rings is 1. The van der Waals surface area contributed by atoms with Crippen LogP contribution in [0.1, 0.15) is 30.0 Å². The molecule has 34 heavy (non-hydrogen) atoms. The molecule has 0 spiro atoms. The third kappa shape index (κ3) is 5.48. The van der Waals surface area contributed by atoms with Crippen LogP contribution in [0, 0.1) is 0 Å². The zero-order valence-corrected chi connectivity index (χ0v) is 20.4. The molecule has 1 aliphatic heterocycles. The minimum absolute atomic E-state index is 0.0604. The second-order valence-electron chi connectivity index (χ2n) is 8.11. The number of hydrogen-bond acceptors (Lipinski definition) is 7. The van der Waals surface area contributed by atoms with E-state index in [1.807, 2.05) is 53.9 Å². The molecule has 2 aromatic heterocycles. The standard InChI is InChI=1S/C25H26N6OS2/c32-22(26-19-10-4-1-5-11-19)16-23-27-20(17-33-23)18-34-25-29-28-24(30-14-8-3-9-15-30)31(25)21-12-6-2-7-13-21/h1-2,4-7,10-13,17H,3,8-9,14-16,18H2,(H,26,32). The molecule has 174 valence electrons. The molecule has 9 heteroatoms. The van der Waals surface area contributed by atoms with E-state index >= 15 is 0 Å². The lowest BCUT2D eigenvalue weighted by atomic mass is 10.1. The Bertz CT molecular complexity index is 1220. The number of benzene rings is 2. The predicted octanol–water partition coefficient (Wildman–Crippen LogP) is 5.19. The molecule has 1 amide bonds. The first kappa shape index (κ1) is 22.6. The fraction of sp³-hybridized carbons (Fsp3) is 0.280. The van der Waals surface area contributed by atoms with E-state index in [-0.39, 0.29) is 12.3 Å². The van der Waals surface area contributed by atoms with Crippen molar-refractivity contribution in [1.29, 1.82) is 0 Å². The summed E-state index contributed by atoms with van der Waals surface area (Å²) in [6, 6.07) is 19.8. The molecule has 0 unspecified atom stereocenters. The van der Waals surface area contributed by atoms with Gasteiger partial charge in [-0.05, 0) is 43.5 Å². The van der Waals surface area contributed by atoms with Gasteiger partial charge in [0.1, 0.15) is 5.01 Å². The number of piperidine rings is 1. The number of nitrogens with zero attached hydrogens (tertiary/aromatic N) is 5. The molecule has 5 rings (SSSR count). The summed E-state index contributed by atoms with van der Waals surface area (Å²) in [5, 5.41) is 15.7. The SMILES string of the molecule is O=C(Cc1nc(CSc2nnc(N3CCCCC3)n2-c2ccccc2)cs1)Nc1ccccc1. The Morgan fingerprint density at radius 1 is 0.971 bits per heavy atom. The van der Waals surface area contributed by atoms with Crippen molar-refractivity contribution in [3.05, 3.63) is 76.7 Å². The minimum atomic E-state index is -0.0604. The van der Waals surface area contributed by atoms with Gasteiger partial charge in [0, 0.05) is 29.9 Å². The molecule has 1 aliphatic rings. The maximum Gasteiger partial charge on any atom is 0.232 e. The van der Waals surface area contributed by atoms with Crippen LogP contribution in [-0.2, 0) is 17.0 Å². The molecule has 1 fully saturated rings. The lowest BCUT2D eigenvalue weighted by Gasteiger charge is -2.27. The number of para-hydroxylation sites is 2. The number of amides is 1. The van der Waals surface area contributed by atoms with Crippen LogP contribution < -0.4 is 10.2 Å². The lowest BCUT2D eigenvalue weighted by Crippen LogP contribution is -2.31. The monoisotopic (exact) mass is 490 g/mol. The first-order chi connectivity index (χ1) is 16.8. The van der Waals surface area contributed by atoms with E-state index in [2.05, 4.69) is 42.1 Å². The summed E-state index contributed by atoms with van der Waals surface area (Å²) in [7, 11) is 0. The fourth-order valence-corrected chi connectivity index (χ4v) is 5.69. The number of rotatable bonds is 8. The number of hydrogen-bond donors (Lipinski definition) is 1. The van der Waals surface area contributed by atoms with Crippen molar-refractivity contribution in [3.8, 4) is 5.69 Å². The van der Waals surface area contributed by atoms with Crippen molar-refractivity contribution in [3.63, 3.8) is 0 Å². The van der Waals surface area contributed by atoms with E-state index in [0.717, 1.165) is 46.3 Å². The summed E-state index contributed by atoms with van der Waals surface area (Å²) >= 11 is 3.14. The molecular formula is C25H26N6OS2. The van der Waals surface area contributed by atoms with Crippen molar-refractivity contribution >= 4 is 40.6 Å². The van der Waals surface area contributed by atoms with Gasteiger partial charge >= 0.3 is 0 Å². The van der Waals surface area contributed by atoms with Crippen LogP contribution in [0.25, 0.3) is 5.69 Å². The van der Waals surface area contributed by atoms with Crippen LogP contribution in [-0.4, -0.2) is 38.7 Å². The van der Waals surface area contributed by atoms with Gasteiger partial charge < -0.3 is 10.2 Å². The van der Waals surface area contributed by atoms with Gasteiger partial charge in [0.05, 0.1) is 17.8 Å². The molecule has 0 saturated carbocycles. The first-order valence-electron chi connectivity index (χ1n) is 11.4. The Kier molecular flexibility index (Phi) is 7.21. The molecule has 2 aromatic carbocycles. The van der Waals surface area contributed by atoms with Crippen LogP contribution in [0.2, 0.25) is 0 Å². The van der Waals surface area contributed by atoms with Crippen molar-refractivity contribution in [1.82, 2.24) is 19.7 Å². The molecule has 0 radical (unpaired) electrons. The van der Waals surface area contributed by atoms with Crippen LogP contribution in [0.15, 0.2) is 71.2 Å². The Balaban J connectivity index is 1.27. The molecule has 7 nitrogen and oxygen atoms in total. The van der Waals surface area contributed by atoms with Gasteiger partial charge in [-0.15, -0.1) is 21.5 Å². The zero-order valence-electron chi connectivity index (χ0n) is 18.8. The highest BCUT2D eigenvalue weighted by molar-refractivity contribution is 7.98. The van der Waals surface area contributed by atoms with Crippen LogP contribution in [0.5, 0.6) is 0 Å². The molecule has 1 N–H and O–H groups in total. The van der Waals surface area contributed by atoms with E-state index in [1.165, 1.54) is 30.6 Å². The average Bonchev–Trinajstić information content (AvgIpc) is 3.51. The highest BCUT2D eigenvalue weighted by Gasteiger charge is 2.21. The zero-order chi connectivity index (χ0) is 23.2. The Morgan fingerprint density at radius 3 is 2.47 bits per heavy atom. The summed E-state index contributed by atoms with van der Waals surface area (Å²) in [6.45, 7) is 2.02. The second-order valence-corrected chi connectivity index (χ2v) is 10.00. The summed E-state index contributed by atoms with van der Waals surface area (Å²) in [5.41, 5.74) is 2.80. The van der Waals surface area contributed by atoms with Gasteiger partial charge in [-0.3, -0.25) is 9.36 Å². The highest BCUT2D eigenvalue weighted by atomic mass is 32.2. The van der Waals surface area contributed by atoms with Crippen molar-refractivity contribution in [2.45, 2.75) is 36.6 Å². The maximum absolute atomic E-state index is 12.3. The number of carbonyl (C=O) groups is 1. The average molecular weight is 491 g/mol. The van der Waals surface area contributed by atoms with E-state index < -0.39 is 0 Å². The Morgan fingerprint density at radius 2 is 1.71 bits per heavy atom. The largest absolute Gasteiger partial charge is 0.341 e. The van der Waals surface area contributed by atoms with E-state index in [0.29, 0.717) is 5.75 Å². The smallest absolute Gasteiger partial charge is 0.232 e. The molecule has 3 heterocycles. The van der Waals surface area contributed by atoms with Crippen LogP contribution in [0.4, 0.5) is 11.6 Å². The molecule has 1 saturated heterocycles. The van der Waals surface area contributed by atoms with Crippen molar-refractivity contribution in [2.24, 2.45) is 0 Å². The number of nitrogens with one attached hydrogen (secondary N) is 1. The number of thioether (sulfide) groups is 1. The van der Waals surface area contributed by atoms with Gasteiger partial charge in [0.2, 0.25) is 11.9 Å². The number of aromatic nitrogens is 4. The Labute approximate surface area is 207 Å². The van der Waals surface area contributed by atoms with Crippen LogP contribution >= 0.6 is 23.1 Å². The quantitative estimate of drug-likeness (QED) is 0.343. The third-order valence-electron chi connectivity index (χ3n) is 5.59. The van der Waals surface area contributed by atoms with Gasteiger partial charge in [-0.1, -0.05) is 48.2 Å². The fourth-order valence-electron chi connectivity index (χ4n) is 3.96. The second kappa shape index (κ2) is 10.8. The van der Waals surface area contributed by atoms with Gasteiger partial charge in [0.25, 0.3) is 0 Å². The van der Waals surface area contributed by atoms with Crippen molar-refractivity contribution < 1.29 is 4.79 Å². The minimum Gasteiger partial charge on any atom is -0.341 e. The molecule has 0 aliphatic carbocycles. The van der Waals surface area contributed by atoms with Gasteiger partial charge in [-0.2, -0.15) is 0 Å². The Hall–Kier alpha value is -3.17. The molecule has 4 aromatic rings. The van der Waals surface area contributed by atoms with E-state index in [1.54, 1.807) is 11.8 Å². The number of carbonyl (C=O) groups excluding carboxylic acids is 1. The molecule has 0 bridgehead atoms. The summed E-state index contributed by atoms with van der Waals surface area (Å²) < 4.78 is 2.15. The van der Waals surface area contributed by atoms with Gasteiger partial charge in [0.15, 0.2) is 5.16 Å². The van der Waals surface area contributed by atoms with E-state index in [4.69, 9.17) is 0 Å². The van der Waals surface area contributed by atoms with Crippen LogP contribution in [0.3, 0.4) is 0 Å². The summed E-state index contributed by atoms with van der Waals surface area (Å²) in [5.74, 6) is 1.52. The normalized spacial score (nSPS) is 13.7. The summed E-state index contributed by atoms with van der Waals surface area (Å²) in [4.78, 5) is 19.4. The first-order valence-corrected chi connectivity index (χ1v) is 13.3. The lowest BCUT2D eigenvalue weighted by molar-refractivity contribution is -0.115. The van der Waals surface area contributed by atoms with Gasteiger partial charge in [-0.25, -0.2) is 4.98 Å². The van der Waals surface area contributed by atoms with E-state index in [9.17, 15) is 4.79 Å².